The van der Waals surface area contributed by atoms with Crippen molar-refractivity contribution in [2.24, 2.45) is 0 Å². The van der Waals surface area contributed by atoms with Gasteiger partial charge in [0, 0.05) is 0 Å². The predicted molar refractivity (Wildman–Crippen MR) is 61.5 cm³/mol. The van der Waals surface area contributed by atoms with Gasteiger partial charge in [-0.05, 0) is 0 Å². The molecule has 0 aliphatic heterocycles. The highest BCUT2D eigenvalue weighted by Gasteiger charge is 2.20. The Morgan fingerprint density at radius 2 is 1.31 bits per heavy atom. The van der Waals surface area contributed by atoms with Gasteiger partial charge >= 0.3 is 0 Å². The van der Waals surface area contributed by atoms with E-state index in [-0.39, 0.29) is 0 Å². The molecule has 0 heterocycles. The largest absolute Gasteiger partial charge is 0.120 e. The summed E-state index contributed by atoms with van der Waals surface area (Å²) < 4.78 is 0. The summed E-state index contributed by atoms with van der Waals surface area (Å²) in [5.41, 5.74) is 0. The van der Waals surface area contributed by atoms with Crippen molar-refractivity contribution in [3.63, 3.8) is 0 Å². The van der Waals surface area contributed by atoms with Gasteiger partial charge in [-0.2, -0.15) is 0 Å². The van der Waals surface area contributed by atoms with Crippen LogP contribution in [0.15, 0.2) is 0 Å². The second kappa shape index (κ2) is 5.07. The third-order valence-corrected chi connectivity index (χ3v) is 2.89. The monoisotopic (exact) mass is 179 g/mol. The molecule has 0 aromatic carbocycles. The Morgan fingerprint density at radius 1 is 0.846 bits per heavy atom. The van der Waals surface area contributed by atoms with E-state index in [1.807, 2.05) is 0 Å². The molecule has 0 amide bonds. The molecular formula is C12H24B. The maximum Gasteiger partial charge on any atom is 0.120 e. The van der Waals surface area contributed by atoms with Crippen molar-refractivity contribution in [3.05, 3.63) is 0 Å². The summed E-state index contributed by atoms with van der Waals surface area (Å²) in [5, 5.41) is 0.420. The van der Waals surface area contributed by atoms with E-state index in [0.717, 1.165) is 5.82 Å². The van der Waals surface area contributed by atoms with E-state index < -0.39 is 0 Å². The highest BCUT2D eigenvalue weighted by Crippen LogP contribution is 2.33. The fourth-order valence-electron chi connectivity index (χ4n) is 2.36. The van der Waals surface area contributed by atoms with Gasteiger partial charge in [-0.3, -0.25) is 0 Å². The maximum atomic E-state index is 2.58. The minimum Gasteiger partial charge on any atom is -0.0682 e. The number of hydrogen-bond acceptors (Lipinski definition) is 0. The van der Waals surface area contributed by atoms with E-state index in [9.17, 15) is 0 Å². The Morgan fingerprint density at radius 3 is 1.77 bits per heavy atom. The van der Waals surface area contributed by atoms with Gasteiger partial charge in [0.1, 0.15) is 7.28 Å². The molecule has 0 bridgehead atoms. The minimum atomic E-state index is 0.420. The van der Waals surface area contributed by atoms with E-state index in [1.54, 1.807) is 0 Å². The first-order chi connectivity index (χ1) is 6.08. The van der Waals surface area contributed by atoms with Crippen LogP contribution in [0.3, 0.4) is 0 Å². The predicted octanol–water partition coefficient (Wildman–Crippen LogP) is 4.44. The molecule has 75 valence electrons. The molecule has 1 saturated carbocycles. The first-order valence-electron chi connectivity index (χ1n) is 5.94. The zero-order valence-electron chi connectivity index (χ0n) is 9.60. The molecule has 1 aliphatic rings. The van der Waals surface area contributed by atoms with Crippen molar-refractivity contribution >= 4 is 7.28 Å². The highest BCUT2D eigenvalue weighted by molar-refractivity contribution is 6.41. The summed E-state index contributed by atoms with van der Waals surface area (Å²) in [6.07, 6.45) is 10.2. The average Bonchev–Trinajstić information content (AvgIpc) is 1.92. The summed E-state index contributed by atoms with van der Waals surface area (Å²) in [4.78, 5) is 0. The first-order valence-corrected chi connectivity index (χ1v) is 5.94. The van der Waals surface area contributed by atoms with Crippen molar-refractivity contribution < 1.29 is 0 Å². The molecule has 1 fully saturated rings. The second-order valence-corrected chi connectivity index (χ2v) is 5.64. The van der Waals surface area contributed by atoms with E-state index in [0.29, 0.717) is 5.31 Å². The Bertz CT molecular complexity index is 127. The van der Waals surface area contributed by atoms with Crippen LogP contribution in [-0.2, 0) is 0 Å². The van der Waals surface area contributed by atoms with Gasteiger partial charge in [0.25, 0.3) is 0 Å². The number of hydrogen-bond donors (Lipinski definition) is 0. The zero-order chi connectivity index (χ0) is 9.73. The Hall–Kier alpha value is 0.0649. The van der Waals surface area contributed by atoms with Gasteiger partial charge in [0.05, 0.1) is 0 Å². The van der Waals surface area contributed by atoms with Gasteiger partial charge in [-0.25, -0.2) is 0 Å². The third-order valence-electron chi connectivity index (χ3n) is 2.89. The molecule has 0 spiro atoms. The lowest BCUT2D eigenvalue weighted by Crippen LogP contribution is -2.16. The van der Waals surface area contributed by atoms with Gasteiger partial charge in [0.2, 0.25) is 0 Å². The van der Waals surface area contributed by atoms with E-state index >= 15 is 0 Å². The van der Waals surface area contributed by atoms with Crippen LogP contribution in [0.1, 0.15) is 65.7 Å². The van der Waals surface area contributed by atoms with Crippen LogP contribution in [-0.4, -0.2) is 7.28 Å². The highest BCUT2D eigenvalue weighted by atomic mass is 14.1. The molecule has 0 aromatic rings. The van der Waals surface area contributed by atoms with Crippen LogP contribution in [0.25, 0.3) is 0 Å². The number of rotatable bonds is 1. The van der Waals surface area contributed by atoms with Crippen molar-refractivity contribution in [2.75, 3.05) is 0 Å². The molecule has 1 rings (SSSR count). The van der Waals surface area contributed by atoms with Crippen molar-refractivity contribution in [1.29, 1.82) is 0 Å². The van der Waals surface area contributed by atoms with Crippen LogP contribution >= 0.6 is 0 Å². The molecule has 0 aromatic heterocycles. The van der Waals surface area contributed by atoms with Crippen LogP contribution < -0.4 is 0 Å². The fraction of sp³-hybridized carbons (Fsp3) is 1.00. The van der Waals surface area contributed by atoms with Crippen molar-refractivity contribution in [1.82, 2.24) is 0 Å². The van der Waals surface area contributed by atoms with Crippen LogP contribution in [0, 0.1) is 0 Å². The standard InChI is InChI=1S/C12H24B/c1-12(2,3)13-11-9-7-5-4-6-8-10-11/h11H,4-10H2,1-3H3. The topological polar surface area (TPSA) is 0 Å². The smallest absolute Gasteiger partial charge is 0.0682 e. The SMILES string of the molecule is CC(C)(C)[B]C1CCCCCCC1. The molecule has 0 unspecified atom stereocenters. The first kappa shape index (κ1) is 11.1. The summed E-state index contributed by atoms with van der Waals surface area (Å²) in [6.45, 7) is 6.98. The molecule has 1 heteroatoms. The summed E-state index contributed by atoms with van der Waals surface area (Å²) in [7, 11) is 2.58. The van der Waals surface area contributed by atoms with Gasteiger partial charge < -0.3 is 0 Å². The summed E-state index contributed by atoms with van der Waals surface area (Å²) >= 11 is 0. The maximum absolute atomic E-state index is 2.58. The van der Waals surface area contributed by atoms with Crippen LogP contribution in [0.5, 0.6) is 0 Å². The quantitative estimate of drug-likeness (QED) is 0.522. The summed E-state index contributed by atoms with van der Waals surface area (Å²) in [6, 6.07) is 0. The molecular weight excluding hydrogens is 155 g/mol. The Balaban J connectivity index is 2.29. The molecule has 13 heavy (non-hydrogen) atoms. The second-order valence-electron chi connectivity index (χ2n) is 5.64. The lowest BCUT2D eigenvalue weighted by Gasteiger charge is -2.26. The molecule has 0 nitrogen and oxygen atoms in total. The zero-order valence-corrected chi connectivity index (χ0v) is 9.60. The molecule has 0 saturated heterocycles. The lowest BCUT2D eigenvalue weighted by molar-refractivity contribution is 0.495. The van der Waals surface area contributed by atoms with Gasteiger partial charge in [-0.15, -0.1) is 0 Å². The normalized spacial score (nSPS) is 22.1. The average molecular weight is 179 g/mol. The van der Waals surface area contributed by atoms with E-state index in [2.05, 4.69) is 28.1 Å². The fourth-order valence-corrected chi connectivity index (χ4v) is 2.36. The minimum absolute atomic E-state index is 0.420. The van der Waals surface area contributed by atoms with Gasteiger partial charge in [0.15, 0.2) is 0 Å². The van der Waals surface area contributed by atoms with Gasteiger partial charge in [-0.1, -0.05) is 76.8 Å². The molecule has 0 N–H and O–H groups in total. The Labute approximate surface area is 84.7 Å². The third kappa shape index (κ3) is 5.39. The Kier molecular flexibility index (Phi) is 4.35. The van der Waals surface area contributed by atoms with Crippen LogP contribution in [0.4, 0.5) is 0 Å². The van der Waals surface area contributed by atoms with Crippen LogP contribution in [0.2, 0.25) is 11.1 Å². The van der Waals surface area contributed by atoms with E-state index in [1.165, 1.54) is 44.9 Å². The molecule has 0 atom stereocenters. The molecule has 1 radical (unpaired) electrons. The lowest BCUT2D eigenvalue weighted by atomic mass is 9.46. The van der Waals surface area contributed by atoms with Crippen molar-refractivity contribution in [2.45, 2.75) is 76.8 Å². The molecule has 1 aliphatic carbocycles. The van der Waals surface area contributed by atoms with E-state index in [4.69, 9.17) is 0 Å². The van der Waals surface area contributed by atoms with Crippen molar-refractivity contribution in [3.8, 4) is 0 Å². The summed E-state index contributed by atoms with van der Waals surface area (Å²) in [5.74, 6) is 0.903.